The van der Waals surface area contributed by atoms with Crippen molar-refractivity contribution in [3.05, 3.63) is 75.1 Å². The molecule has 1 aromatic heterocycles. The fourth-order valence-electron chi connectivity index (χ4n) is 3.26. The molecule has 0 fully saturated rings. The van der Waals surface area contributed by atoms with E-state index in [2.05, 4.69) is 10.2 Å². The Hall–Kier alpha value is -4.12. The van der Waals surface area contributed by atoms with Crippen LogP contribution in [-0.4, -0.2) is 23.9 Å². The molecule has 0 saturated heterocycles. The van der Waals surface area contributed by atoms with Gasteiger partial charge in [-0.1, -0.05) is 23.8 Å². The van der Waals surface area contributed by atoms with Gasteiger partial charge < -0.3 is 14.6 Å². The van der Waals surface area contributed by atoms with E-state index in [9.17, 15) is 15.2 Å². The van der Waals surface area contributed by atoms with Crippen molar-refractivity contribution in [1.82, 2.24) is 4.57 Å². The van der Waals surface area contributed by atoms with Crippen LogP contribution in [0.2, 0.25) is 0 Å². The van der Waals surface area contributed by atoms with Gasteiger partial charge in [-0.15, -0.1) is 5.11 Å². The SMILES string of the molecule is COc1ccc(CCn2c(O)c(C#N)c(C)c(N=Nc3ccc(C)cc3)c2=O)cc1OC. The van der Waals surface area contributed by atoms with Crippen LogP contribution in [0, 0.1) is 25.2 Å². The molecule has 0 saturated carbocycles. The topological polar surface area (TPSA) is 109 Å². The third kappa shape index (κ3) is 4.62. The van der Waals surface area contributed by atoms with E-state index in [4.69, 9.17) is 9.47 Å². The summed E-state index contributed by atoms with van der Waals surface area (Å²) in [4.78, 5) is 13.1. The van der Waals surface area contributed by atoms with Gasteiger partial charge in [0.25, 0.3) is 5.56 Å². The number of hydrogen-bond acceptors (Lipinski definition) is 7. The van der Waals surface area contributed by atoms with Crippen LogP contribution in [0.15, 0.2) is 57.5 Å². The number of nitrogens with zero attached hydrogens (tertiary/aromatic N) is 4. The molecule has 8 heteroatoms. The van der Waals surface area contributed by atoms with E-state index >= 15 is 0 Å². The molecule has 164 valence electrons. The molecule has 8 nitrogen and oxygen atoms in total. The number of aryl methyl sites for hydroxylation is 2. The zero-order valence-corrected chi connectivity index (χ0v) is 18.4. The average Bonchev–Trinajstić information content (AvgIpc) is 2.80. The van der Waals surface area contributed by atoms with E-state index in [1.807, 2.05) is 31.2 Å². The molecule has 3 aromatic rings. The van der Waals surface area contributed by atoms with Gasteiger partial charge in [0.1, 0.15) is 11.6 Å². The molecule has 0 aliphatic rings. The lowest BCUT2D eigenvalue weighted by Crippen LogP contribution is -2.23. The first-order chi connectivity index (χ1) is 15.4. The molecule has 0 aliphatic carbocycles. The highest BCUT2D eigenvalue weighted by Gasteiger charge is 2.19. The van der Waals surface area contributed by atoms with Crippen molar-refractivity contribution >= 4 is 11.4 Å². The first-order valence-corrected chi connectivity index (χ1v) is 9.95. The molecule has 0 aliphatic heterocycles. The molecule has 2 aromatic carbocycles. The lowest BCUT2D eigenvalue weighted by Gasteiger charge is -2.14. The Bertz CT molecular complexity index is 1250. The van der Waals surface area contributed by atoms with Crippen molar-refractivity contribution in [3.63, 3.8) is 0 Å². The summed E-state index contributed by atoms with van der Waals surface area (Å²) in [5, 5.41) is 28.4. The van der Waals surface area contributed by atoms with Crippen LogP contribution in [-0.2, 0) is 13.0 Å². The monoisotopic (exact) mass is 432 g/mol. The molecule has 0 spiro atoms. The largest absolute Gasteiger partial charge is 0.493 e. The summed E-state index contributed by atoms with van der Waals surface area (Å²) >= 11 is 0. The van der Waals surface area contributed by atoms with E-state index in [0.29, 0.717) is 23.6 Å². The van der Waals surface area contributed by atoms with Crippen LogP contribution in [0.25, 0.3) is 0 Å². The molecule has 0 radical (unpaired) electrons. The van der Waals surface area contributed by atoms with E-state index in [-0.39, 0.29) is 29.2 Å². The van der Waals surface area contributed by atoms with E-state index in [0.717, 1.165) is 15.7 Å². The molecule has 0 atom stereocenters. The van der Waals surface area contributed by atoms with Gasteiger partial charge >= 0.3 is 0 Å². The summed E-state index contributed by atoms with van der Waals surface area (Å²) in [6.07, 6.45) is 0.413. The van der Waals surface area contributed by atoms with Gasteiger partial charge in [0.15, 0.2) is 17.2 Å². The van der Waals surface area contributed by atoms with Crippen LogP contribution in [0.1, 0.15) is 22.3 Å². The zero-order valence-electron chi connectivity index (χ0n) is 18.4. The van der Waals surface area contributed by atoms with Gasteiger partial charge in [-0.05, 0) is 50.1 Å². The molecular weight excluding hydrogens is 408 g/mol. The average molecular weight is 432 g/mol. The quantitative estimate of drug-likeness (QED) is 0.544. The van der Waals surface area contributed by atoms with Gasteiger partial charge in [-0.3, -0.25) is 9.36 Å². The standard InChI is InChI=1S/C24H24N4O4/c1-15-5-8-18(9-6-15)26-27-22-16(2)19(14-25)23(29)28(24(22)30)12-11-17-7-10-20(31-3)21(13-17)32-4/h5-10,13,29H,11-12H2,1-4H3. The zero-order chi connectivity index (χ0) is 23.3. The van der Waals surface area contributed by atoms with Crippen LogP contribution >= 0.6 is 0 Å². The number of pyridine rings is 1. The highest BCUT2D eigenvalue weighted by atomic mass is 16.5. The van der Waals surface area contributed by atoms with Gasteiger partial charge in [0, 0.05) is 12.1 Å². The number of methoxy groups -OCH3 is 2. The molecule has 0 bridgehead atoms. The number of hydrogen-bond donors (Lipinski definition) is 1. The van der Waals surface area contributed by atoms with Crippen LogP contribution < -0.4 is 15.0 Å². The number of ether oxygens (including phenoxy) is 2. The number of rotatable bonds is 7. The lowest BCUT2D eigenvalue weighted by atomic mass is 10.1. The number of nitriles is 1. The maximum Gasteiger partial charge on any atom is 0.281 e. The Labute approximate surface area is 186 Å². The summed E-state index contributed by atoms with van der Waals surface area (Å²) < 4.78 is 11.7. The number of aromatic nitrogens is 1. The summed E-state index contributed by atoms with van der Waals surface area (Å²) in [5.41, 5.74) is 2.31. The minimum atomic E-state index is -0.518. The summed E-state index contributed by atoms with van der Waals surface area (Å²) in [7, 11) is 3.10. The van der Waals surface area contributed by atoms with Crippen LogP contribution in [0.4, 0.5) is 11.4 Å². The number of azo groups is 1. The summed E-state index contributed by atoms with van der Waals surface area (Å²) in [6, 6.07) is 14.7. The minimum absolute atomic E-state index is 0.00484. The summed E-state index contributed by atoms with van der Waals surface area (Å²) in [6.45, 7) is 3.67. The maximum absolute atomic E-state index is 13.1. The third-order valence-electron chi connectivity index (χ3n) is 5.14. The second kappa shape index (κ2) is 9.79. The Balaban J connectivity index is 1.97. The Morgan fingerprint density at radius 3 is 2.34 bits per heavy atom. The molecule has 0 unspecified atom stereocenters. The van der Waals surface area contributed by atoms with Gasteiger partial charge in [-0.2, -0.15) is 10.4 Å². The Morgan fingerprint density at radius 1 is 1.03 bits per heavy atom. The second-order valence-corrected chi connectivity index (χ2v) is 7.22. The third-order valence-corrected chi connectivity index (χ3v) is 5.14. The molecule has 32 heavy (non-hydrogen) atoms. The summed E-state index contributed by atoms with van der Waals surface area (Å²) in [5.74, 6) is 0.776. The van der Waals surface area contributed by atoms with Crippen molar-refractivity contribution < 1.29 is 14.6 Å². The molecule has 1 heterocycles. The van der Waals surface area contributed by atoms with Crippen molar-refractivity contribution in [2.24, 2.45) is 10.2 Å². The van der Waals surface area contributed by atoms with Crippen molar-refractivity contribution in [2.75, 3.05) is 14.2 Å². The fourth-order valence-corrected chi connectivity index (χ4v) is 3.26. The second-order valence-electron chi connectivity index (χ2n) is 7.22. The van der Waals surface area contributed by atoms with Crippen molar-refractivity contribution in [2.45, 2.75) is 26.8 Å². The first kappa shape index (κ1) is 22.6. The lowest BCUT2D eigenvalue weighted by molar-refractivity contribution is 0.354. The Kier molecular flexibility index (Phi) is 6.90. The van der Waals surface area contributed by atoms with E-state index in [1.165, 1.54) is 0 Å². The van der Waals surface area contributed by atoms with E-state index in [1.54, 1.807) is 45.4 Å². The highest BCUT2D eigenvalue weighted by Crippen LogP contribution is 2.29. The molecule has 1 N–H and O–H groups in total. The Morgan fingerprint density at radius 2 is 1.72 bits per heavy atom. The predicted octanol–water partition coefficient (Wildman–Crippen LogP) is 4.72. The highest BCUT2D eigenvalue weighted by molar-refractivity contribution is 5.57. The van der Waals surface area contributed by atoms with Crippen molar-refractivity contribution in [3.8, 4) is 23.4 Å². The smallest absolute Gasteiger partial charge is 0.281 e. The molecule has 3 rings (SSSR count). The van der Waals surface area contributed by atoms with Crippen LogP contribution in [0.3, 0.4) is 0 Å². The maximum atomic E-state index is 13.1. The van der Waals surface area contributed by atoms with Gasteiger partial charge in [0.2, 0.25) is 5.88 Å². The first-order valence-electron chi connectivity index (χ1n) is 9.95. The van der Waals surface area contributed by atoms with Gasteiger partial charge in [-0.25, -0.2) is 0 Å². The van der Waals surface area contributed by atoms with Gasteiger partial charge in [0.05, 0.1) is 19.9 Å². The fraction of sp³-hybridized carbons (Fsp3) is 0.250. The number of aromatic hydroxyl groups is 1. The molecule has 0 amide bonds. The van der Waals surface area contributed by atoms with Crippen LogP contribution in [0.5, 0.6) is 17.4 Å². The predicted molar refractivity (Wildman–Crippen MR) is 120 cm³/mol. The molecular formula is C24H24N4O4. The van der Waals surface area contributed by atoms with Crippen molar-refractivity contribution in [1.29, 1.82) is 5.26 Å². The number of benzene rings is 2. The minimum Gasteiger partial charge on any atom is -0.493 e. The van der Waals surface area contributed by atoms with E-state index < -0.39 is 5.56 Å². The normalized spacial score (nSPS) is 10.8.